The van der Waals surface area contributed by atoms with Crippen molar-refractivity contribution in [2.24, 2.45) is 0 Å². The summed E-state index contributed by atoms with van der Waals surface area (Å²) < 4.78 is 1.89. The smallest absolute Gasteiger partial charge is 0.257 e. The van der Waals surface area contributed by atoms with E-state index in [9.17, 15) is 4.79 Å². The van der Waals surface area contributed by atoms with Crippen LogP contribution in [0, 0.1) is 0 Å². The van der Waals surface area contributed by atoms with E-state index in [1.165, 1.54) is 0 Å². The van der Waals surface area contributed by atoms with Crippen LogP contribution < -0.4 is 0 Å². The second kappa shape index (κ2) is 6.98. The molecular formula is C18H24N8O. The minimum atomic E-state index is -0.122. The normalized spacial score (nSPS) is 16.6. The number of carbonyl (C=O) groups is 1. The molecule has 0 spiro atoms. The highest BCUT2D eigenvalue weighted by Gasteiger charge is 2.34. The maximum atomic E-state index is 13.3. The summed E-state index contributed by atoms with van der Waals surface area (Å²) in [4.78, 5) is 19.7. The van der Waals surface area contributed by atoms with Crippen LogP contribution in [0.4, 0.5) is 0 Å². The number of amides is 1. The zero-order valence-electron chi connectivity index (χ0n) is 15.9. The monoisotopic (exact) mass is 368 g/mol. The Morgan fingerprint density at radius 3 is 2.78 bits per heavy atom. The summed E-state index contributed by atoms with van der Waals surface area (Å²) in [5, 5.41) is 19.0. The van der Waals surface area contributed by atoms with Gasteiger partial charge in [0.15, 0.2) is 5.82 Å². The van der Waals surface area contributed by atoms with E-state index in [2.05, 4.69) is 30.5 Å². The predicted molar refractivity (Wildman–Crippen MR) is 98.2 cm³/mol. The number of hydrogen-bond acceptors (Lipinski definition) is 5. The van der Waals surface area contributed by atoms with E-state index in [0.717, 1.165) is 42.2 Å². The van der Waals surface area contributed by atoms with E-state index in [1.807, 2.05) is 30.4 Å². The summed E-state index contributed by atoms with van der Waals surface area (Å²) >= 11 is 0. The van der Waals surface area contributed by atoms with Gasteiger partial charge in [-0.2, -0.15) is 15.3 Å². The Morgan fingerprint density at radius 1 is 1.22 bits per heavy atom. The van der Waals surface area contributed by atoms with Crippen LogP contribution in [0.15, 0.2) is 12.4 Å². The van der Waals surface area contributed by atoms with Gasteiger partial charge in [0.2, 0.25) is 0 Å². The second-order valence-corrected chi connectivity index (χ2v) is 6.72. The summed E-state index contributed by atoms with van der Waals surface area (Å²) in [6, 6.07) is 0. The molecule has 0 fully saturated rings. The maximum Gasteiger partial charge on any atom is 0.257 e. The molecule has 4 heterocycles. The SMILES string of the molecule is CCc1nc(C2CN(C(=O)c3cnn(CC)c3CC)Cc3cn[nH]c32)n[nH]1. The number of aromatic nitrogens is 7. The van der Waals surface area contributed by atoms with Crippen molar-refractivity contribution < 1.29 is 4.79 Å². The maximum absolute atomic E-state index is 13.3. The Balaban J connectivity index is 1.67. The average molecular weight is 368 g/mol. The lowest BCUT2D eigenvalue weighted by Gasteiger charge is -2.31. The van der Waals surface area contributed by atoms with Gasteiger partial charge >= 0.3 is 0 Å². The average Bonchev–Trinajstić information content (AvgIpc) is 3.44. The number of carbonyl (C=O) groups excluding carboxylic acids is 1. The van der Waals surface area contributed by atoms with Gasteiger partial charge in [0, 0.05) is 31.6 Å². The molecule has 1 atom stereocenters. The van der Waals surface area contributed by atoms with Crippen LogP contribution in [0.5, 0.6) is 0 Å². The van der Waals surface area contributed by atoms with E-state index < -0.39 is 0 Å². The van der Waals surface area contributed by atoms with Crippen molar-refractivity contribution in [3.63, 3.8) is 0 Å². The molecule has 3 aromatic heterocycles. The van der Waals surface area contributed by atoms with Crippen molar-refractivity contribution >= 4 is 5.91 Å². The quantitative estimate of drug-likeness (QED) is 0.712. The molecule has 9 heteroatoms. The van der Waals surface area contributed by atoms with Crippen LogP contribution in [0.1, 0.15) is 65.6 Å². The molecular weight excluding hydrogens is 344 g/mol. The van der Waals surface area contributed by atoms with Gasteiger partial charge in [0.05, 0.1) is 35.3 Å². The van der Waals surface area contributed by atoms with E-state index in [4.69, 9.17) is 0 Å². The molecule has 1 amide bonds. The Morgan fingerprint density at radius 2 is 2.07 bits per heavy atom. The van der Waals surface area contributed by atoms with Gasteiger partial charge in [0.25, 0.3) is 5.91 Å². The summed E-state index contributed by atoms with van der Waals surface area (Å²) in [6.45, 7) is 7.89. The highest BCUT2D eigenvalue weighted by atomic mass is 16.2. The Kier molecular flexibility index (Phi) is 4.51. The molecule has 0 saturated carbocycles. The molecule has 0 aromatic carbocycles. The number of nitrogens with one attached hydrogen (secondary N) is 2. The Bertz CT molecular complexity index is 952. The fourth-order valence-corrected chi connectivity index (χ4v) is 3.73. The lowest BCUT2D eigenvalue weighted by atomic mass is 9.95. The van der Waals surface area contributed by atoms with Gasteiger partial charge in [-0.1, -0.05) is 13.8 Å². The third kappa shape index (κ3) is 2.92. The van der Waals surface area contributed by atoms with Crippen LogP contribution in [0.25, 0.3) is 0 Å². The van der Waals surface area contributed by atoms with Gasteiger partial charge < -0.3 is 4.90 Å². The summed E-state index contributed by atoms with van der Waals surface area (Å²) in [6.07, 6.45) is 5.02. The minimum Gasteiger partial charge on any atom is -0.333 e. The first-order valence-corrected chi connectivity index (χ1v) is 9.43. The Labute approximate surface area is 157 Å². The van der Waals surface area contributed by atoms with E-state index in [-0.39, 0.29) is 11.8 Å². The molecule has 0 saturated heterocycles. The van der Waals surface area contributed by atoms with E-state index in [0.29, 0.717) is 24.5 Å². The van der Waals surface area contributed by atoms with Crippen LogP contribution in [-0.2, 0) is 25.9 Å². The first kappa shape index (κ1) is 17.4. The van der Waals surface area contributed by atoms with Gasteiger partial charge in [0.1, 0.15) is 5.82 Å². The summed E-state index contributed by atoms with van der Waals surface area (Å²) in [5.41, 5.74) is 3.64. The molecule has 1 unspecified atom stereocenters. The van der Waals surface area contributed by atoms with Gasteiger partial charge in [-0.25, -0.2) is 4.98 Å². The molecule has 27 heavy (non-hydrogen) atoms. The second-order valence-electron chi connectivity index (χ2n) is 6.72. The van der Waals surface area contributed by atoms with Crippen LogP contribution in [-0.4, -0.2) is 52.5 Å². The predicted octanol–water partition coefficient (Wildman–Crippen LogP) is 1.66. The van der Waals surface area contributed by atoms with Gasteiger partial charge in [-0.15, -0.1) is 0 Å². The van der Waals surface area contributed by atoms with Crippen molar-refractivity contribution in [3.8, 4) is 0 Å². The van der Waals surface area contributed by atoms with Gasteiger partial charge in [-0.3, -0.25) is 19.7 Å². The highest BCUT2D eigenvalue weighted by molar-refractivity contribution is 5.95. The Hall–Kier alpha value is -2.97. The molecule has 4 rings (SSSR count). The highest BCUT2D eigenvalue weighted by Crippen LogP contribution is 2.31. The van der Waals surface area contributed by atoms with Crippen molar-refractivity contribution in [1.29, 1.82) is 0 Å². The molecule has 1 aliphatic rings. The molecule has 2 N–H and O–H groups in total. The number of fused-ring (bicyclic) bond motifs is 1. The summed E-state index contributed by atoms with van der Waals surface area (Å²) in [5.74, 6) is 1.40. The minimum absolute atomic E-state index is 0.00495. The lowest BCUT2D eigenvalue weighted by molar-refractivity contribution is 0.0721. The van der Waals surface area contributed by atoms with Crippen molar-refractivity contribution in [2.75, 3.05) is 6.54 Å². The number of aryl methyl sites for hydroxylation is 2. The molecule has 3 aromatic rings. The molecule has 0 radical (unpaired) electrons. The fraction of sp³-hybridized carbons (Fsp3) is 0.500. The topological polar surface area (TPSA) is 108 Å². The molecule has 1 aliphatic heterocycles. The third-order valence-electron chi connectivity index (χ3n) is 5.16. The third-order valence-corrected chi connectivity index (χ3v) is 5.16. The molecule has 0 bridgehead atoms. The zero-order chi connectivity index (χ0) is 19.0. The number of nitrogens with zero attached hydrogens (tertiary/aromatic N) is 6. The molecule has 9 nitrogen and oxygen atoms in total. The number of rotatable bonds is 5. The van der Waals surface area contributed by atoms with Crippen molar-refractivity contribution in [3.05, 3.63) is 46.6 Å². The number of aromatic amines is 2. The van der Waals surface area contributed by atoms with Crippen LogP contribution in [0.3, 0.4) is 0 Å². The van der Waals surface area contributed by atoms with Crippen LogP contribution >= 0.6 is 0 Å². The molecule has 142 valence electrons. The number of hydrogen-bond donors (Lipinski definition) is 2. The first-order valence-electron chi connectivity index (χ1n) is 9.43. The van der Waals surface area contributed by atoms with Crippen LogP contribution in [0.2, 0.25) is 0 Å². The number of H-pyrrole nitrogens is 2. The largest absolute Gasteiger partial charge is 0.333 e. The first-order chi connectivity index (χ1) is 13.2. The fourth-order valence-electron chi connectivity index (χ4n) is 3.73. The standard InChI is InChI=1S/C18H24N8O/c1-4-14-12(8-20-26(14)6-3)18(27)25-9-11-7-19-23-16(11)13(10-25)17-21-15(5-2)22-24-17/h7-8,13H,4-6,9-10H2,1-3H3,(H,19,23)(H,21,22,24). The van der Waals surface area contributed by atoms with Crippen molar-refractivity contribution in [1.82, 2.24) is 40.1 Å². The summed E-state index contributed by atoms with van der Waals surface area (Å²) in [7, 11) is 0. The lowest BCUT2D eigenvalue weighted by Crippen LogP contribution is -2.39. The van der Waals surface area contributed by atoms with E-state index >= 15 is 0 Å². The zero-order valence-corrected chi connectivity index (χ0v) is 15.9. The van der Waals surface area contributed by atoms with E-state index in [1.54, 1.807) is 12.4 Å². The molecule has 0 aliphatic carbocycles. The van der Waals surface area contributed by atoms with Crippen molar-refractivity contribution in [2.45, 2.75) is 52.6 Å². The van der Waals surface area contributed by atoms with Gasteiger partial charge in [-0.05, 0) is 13.3 Å².